The van der Waals surface area contributed by atoms with E-state index in [2.05, 4.69) is 10.2 Å². The minimum atomic E-state index is -0.320. The Balaban J connectivity index is 1.46. The van der Waals surface area contributed by atoms with Gasteiger partial charge in [-0.25, -0.2) is 0 Å². The van der Waals surface area contributed by atoms with Crippen molar-refractivity contribution in [3.63, 3.8) is 0 Å². The van der Waals surface area contributed by atoms with Crippen molar-refractivity contribution in [2.75, 3.05) is 36.4 Å². The number of rotatable bonds is 5. The number of para-hydroxylation sites is 2. The van der Waals surface area contributed by atoms with E-state index in [1.807, 2.05) is 55.1 Å². The van der Waals surface area contributed by atoms with Gasteiger partial charge in [0.15, 0.2) is 5.76 Å². The molecule has 0 radical (unpaired) electrons. The van der Waals surface area contributed by atoms with Crippen molar-refractivity contribution in [1.82, 2.24) is 4.90 Å². The van der Waals surface area contributed by atoms with Crippen molar-refractivity contribution in [2.45, 2.75) is 13.8 Å². The van der Waals surface area contributed by atoms with E-state index in [1.54, 1.807) is 24.3 Å². The number of carbonyl (C=O) groups is 2. The molecule has 1 aliphatic rings. The highest BCUT2D eigenvalue weighted by atomic mass is 35.5. The summed E-state index contributed by atoms with van der Waals surface area (Å²) in [6.45, 7) is 6.61. The Morgan fingerprint density at radius 3 is 2.44 bits per heavy atom. The van der Waals surface area contributed by atoms with Crippen molar-refractivity contribution in [3.8, 4) is 11.3 Å². The molecular formula is C25H26ClN3O3. The lowest BCUT2D eigenvalue weighted by molar-refractivity contribution is -0.134. The third kappa shape index (κ3) is 4.81. The standard InChI is InChI=1S/C25H26ClN3O3/c1-17(2)25(31)29-14-12-28(13-15-29)21-9-4-3-8-20(21)27-24(30)23-11-10-22(32-23)18-6-5-7-19(26)16-18/h3-11,16-17H,12-15H2,1-2H3,(H,27,30). The zero-order valence-electron chi connectivity index (χ0n) is 18.2. The number of hydrogen-bond acceptors (Lipinski definition) is 4. The summed E-state index contributed by atoms with van der Waals surface area (Å²) in [5.74, 6) is 0.663. The molecule has 6 nitrogen and oxygen atoms in total. The molecule has 7 heteroatoms. The number of furan rings is 1. The van der Waals surface area contributed by atoms with Crippen LogP contribution in [0.2, 0.25) is 5.02 Å². The van der Waals surface area contributed by atoms with Crippen molar-refractivity contribution in [2.24, 2.45) is 5.92 Å². The first kappa shape index (κ1) is 22.0. The minimum Gasteiger partial charge on any atom is -0.451 e. The van der Waals surface area contributed by atoms with E-state index in [4.69, 9.17) is 16.0 Å². The molecule has 2 amide bonds. The molecule has 1 aromatic heterocycles. The van der Waals surface area contributed by atoms with Gasteiger partial charge in [-0.2, -0.15) is 0 Å². The van der Waals surface area contributed by atoms with Crippen molar-refractivity contribution in [1.29, 1.82) is 0 Å². The van der Waals surface area contributed by atoms with Gasteiger partial charge >= 0.3 is 0 Å². The maximum atomic E-state index is 12.9. The fourth-order valence-electron chi connectivity index (χ4n) is 3.83. The van der Waals surface area contributed by atoms with Crippen LogP contribution in [0.15, 0.2) is 65.1 Å². The highest BCUT2D eigenvalue weighted by molar-refractivity contribution is 6.30. The molecule has 0 bridgehead atoms. The molecule has 32 heavy (non-hydrogen) atoms. The van der Waals surface area contributed by atoms with Crippen LogP contribution in [0.1, 0.15) is 24.4 Å². The first-order valence-electron chi connectivity index (χ1n) is 10.7. The Kier molecular flexibility index (Phi) is 6.51. The molecule has 1 aliphatic heterocycles. The molecule has 3 aromatic rings. The highest BCUT2D eigenvalue weighted by Crippen LogP contribution is 2.29. The molecule has 0 aliphatic carbocycles. The first-order valence-corrected chi connectivity index (χ1v) is 11.1. The fourth-order valence-corrected chi connectivity index (χ4v) is 4.02. The third-order valence-corrected chi connectivity index (χ3v) is 5.75. The van der Waals surface area contributed by atoms with Gasteiger partial charge in [-0.1, -0.05) is 49.7 Å². The zero-order chi connectivity index (χ0) is 22.7. The number of nitrogens with zero attached hydrogens (tertiary/aromatic N) is 2. The average Bonchev–Trinajstić information content (AvgIpc) is 3.30. The van der Waals surface area contributed by atoms with Gasteiger partial charge in [-0.15, -0.1) is 0 Å². The second kappa shape index (κ2) is 9.49. The number of amides is 2. The Bertz CT molecular complexity index is 1120. The minimum absolute atomic E-state index is 0.00165. The fraction of sp³-hybridized carbons (Fsp3) is 0.280. The van der Waals surface area contributed by atoms with E-state index in [1.165, 1.54) is 0 Å². The van der Waals surface area contributed by atoms with Crippen LogP contribution in [0.3, 0.4) is 0 Å². The number of hydrogen-bond donors (Lipinski definition) is 1. The number of benzene rings is 2. The van der Waals surface area contributed by atoms with Gasteiger partial charge in [-0.3, -0.25) is 9.59 Å². The summed E-state index contributed by atoms with van der Waals surface area (Å²) in [5, 5.41) is 3.58. The topological polar surface area (TPSA) is 65.8 Å². The molecule has 4 rings (SSSR count). The van der Waals surface area contributed by atoms with Crippen LogP contribution in [0.25, 0.3) is 11.3 Å². The van der Waals surface area contributed by atoms with Gasteiger partial charge in [0.05, 0.1) is 11.4 Å². The van der Waals surface area contributed by atoms with E-state index >= 15 is 0 Å². The number of piperazine rings is 1. The normalized spacial score (nSPS) is 14.0. The van der Waals surface area contributed by atoms with Crippen LogP contribution in [-0.4, -0.2) is 42.9 Å². The Morgan fingerprint density at radius 1 is 0.969 bits per heavy atom. The molecule has 2 heterocycles. The van der Waals surface area contributed by atoms with E-state index in [-0.39, 0.29) is 23.5 Å². The Labute approximate surface area is 192 Å². The molecule has 0 spiro atoms. The van der Waals surface area contributed by atoms with Crippen molar-refractivity contribution >= 4 is 34.8 Å². The van der Waals surface area contributed by atoms with Crippen LogP contribution in [0.4, 0.5) is 11.4 Å². The number of nitrogens with one attached hydrogen (secondary N) is 1. The van der Waals surface area contributed by atoms with Crippen molar-refractivity contribution in [3.05, 3.63) is 71.4 Å². The number of carbonyl (C=O) groups excluding carboxylic acids is 2. The average molecular weight is 452 g/mol. The molecule has 0 atom stereocenters. The summed E-state index contributed by atoms with van der Waals surface area (Å²) in [5.41, 5.74) is 2.45. The molecular weight excluding hydrogens is 426 g/mol. The molecule has 0 unspecified atom stereocenters. The summed E-state index contributed by atoms with van der Waals surface area (Å²) >= 11 is 6.06. The van der Waals surface area contributed by atoms with Gasteiger partial charge in [0.25, 0.3) is 5.91 Å². The van der Waals surface area contributed by atoms with Crippen LogP contribution in [0, 0.1) is 5.92 Å². The van der Waals surface area contributed by atoms with Crippen LogP contribution in [-0.2, 0) is 4.79 Å². The molecule has 1 N–H and O–H groups in total. The SMILES string of the molecule is CC(C)C(=O)N1CCN(c2ccccc2NC(=O)c2ccc(-c3cccc(Cl)c3)o2)CC1. The number of halogens is 1. The molecule has 1 saturated heterocycles. The molecule has 1 fully saturated rings. The van der Waals surface area contributed by atoms with E-state index in [0.29, 0.717) is 42.6 Å². The quantitative estimate of drug-likeness (QED) is 0.582. The van der Waals surface area contributed by atoms with Crippen LogP contribution < -0.4 is 10.2 Å². The maximum Gasteiger partial charge on any atom is 0.291 e. The summed E-state index contributed by atoms with van der Waals surface area (Å²) in [6.07, 6.45) is 0. The molecule has 2 aromatic carbocycles. The maximum absolute atomic E-state index is 12.9. The second-order valence-corrected chi connectivity index (χ2v) is 8.55. The van der Waals surface area contributed by atoms with E-state index in [0.717, 1.165) is 11.3 Å². The predicted molar refractivity (Wildman–Crippen MR) is 127 cm³/mol. The van der Waals surface area contributed by atoms with Gasteiger partial charge in [-0.05, 0) is 36.4 Å². The zero-order valence-corrected chi connectivity index (χ0v) is 18.9. The molecule has 166 valence electrons. The van der Waals surface area contributed by atoms with E-state index < -0.39 is 0 Å². The first-order chi connectivity index (χ1) is 15.4. The lowest BCUT2D eigenvalue weighted by Crippen LogP contribution is -2.50. The highest BCUT2D eigenvalue weighted by Gasteiger charge is 2.24. The van der Waals surface area contributed by atoms with Crippen molar-refractivity contribution < 1.29 is 14.0 Å². The van der Waals surface area contributed by atoms with Crippen LogP contribution >= 0.6 is 11.6 Å². The lowest BCUT2D eigenvalue weighted by Gasteiger charge is -2.37. The predicted octanol–water partition coefficient (Wildman–Crippen LogP) is 5.16. The number of anilines is 2. The van der Waals surface area contributed by atoms with Crippen LogP contribution in [0.5, 0.6) is 0 Å². The second-order valence-electron chi connectivity index (χ2n) is 8.11. The lowest BCUT2D eigenvalue weighted by atomic mass is 10.1. The summed E-state index contributed by atoms with van der Waals surface area (Å²) in [6, 6.07) is 18.4. The van der Waals surface area contributed by atoms with Gasteiger partial charge in [0.2, 0.25) is 5.91 Å². The smallest absolute Gasteiger partial charge is 0.291 e. The monoisotopic (exact) mass is 451 g/mol. The Hall–Kier alpha value is -3.25. The summed E-state index contributed by atoms with van der Waals surface area (Å²) in [7, 11) is 0. The largest absolute Gasteiger partial charge is 0.451 e. The van der Waals surface area contributed by atoms with Gasteiger partial charge < -0.3 is 19.5 Å². The van der Waals surface area contributed by atoms with Gasteiger partial charge in [0, 0.05) is 42.7 Å². The Morgan fingerprint density at radius 2 is 1.72 bits per heavy atom. The molecule has 0 saturated carbocycles. The van der Waals surface area contributed by atoms with E-state index in [9.17, 15) is 9.59 Å². The summed E-state index contributed by atoms with van der Waals surface area (Å²) < 4.78 is 5.78. The van der Waals surface area contributed by atoms with Gasteiger partial charge in [0.1, 0.15) is 5.76 Å². The third-order valence-electron chi connectivity index (χ3n) is 5.52. The summed E-state index contributed by atoms with van der Waals surface area (Å²) in [4.78, 5) is 29.2.